The molecule has 6 heteroatoms. The second-order valence-corrected chi connectivity index (χ2v) is 6.59. The first kappa shape index (κ1) is 17.8. The zero-order chi connectivity index (χ0) is 15.9. The average Bonchev–Trinajstić information content (AvgIpc) is 3.16. The molecule has 0 spiro atoms. The monoisotopic (exact) mass is 299 g/mol. The van der Waals surface area contributed by atoms with Crippen molar-refractivity contribution in [2.24, 2.45) is 0 Å². The van der Waals surface area contributed by atoms with Gasteiger partial charge in [-0.15, -0.1) is 0 Å². The van der Waals surface area contributed by atoms with Crippen molar-refractivity contribution >= 4 is 12.0 Å². The number of carbonyl (C=O) groups is 2. The molecule has 1 saturated carbocycles. The quantitative estimate of drug-likeness (QED) is 0.666. The number of carbonyl (C=O) groups excluding carboxylic acids is 2. The van der Waals surface area contributed by atoms with Crippen molar-refractivity contribution in [2.75, 3.05) is 26.7 Å². The smallest absolute Gasteiger partial charge is 0.407 e. The molecule has 0 saturated heterocycles. The molecule has 21 heavy (non-hydrogen) atoms. The molecule has 122 valence electrons. The largest absolute Gasteiger partial charge is 0.444 e. The fourth-order valence-electron chi connectivity index (χ4n) is 1.91. The van der Waals surface area contributed by atoms with Gasteiger partial charge in [0.25, 0.3) is 0 Å². The van der Waals surface area contributed by atoms with E-state index in [-0.39, 0.29) is 5.91 Å². The first-order valence-electron chi connectivity index (χ1n) is 7.72. The van der Waals surface area contributed by atoms with E-state index in [0.29, 0.717) is 25.9 Å². The lowest BCUT2D eigenvalue weighted by molar-refractivity contribution is -0.121. The van der Waals surface area contributed by atoms with E-state index in [1.54, 1.807) is 0 Å². The van der Waals surface area contributed by atoms with Gasteiger partial charge in [-0.2, -0.15) is 0 Å². The molecule has 2 amide bonds. The molecule has 1 rings (SSSR count). The van der Waals surface area contributed by atoms with Gasteiger partial charge < -0.3 is 20.3 Å². The lowest BCUT2D eigenvalue weighted by atomic mass is 10.2. The number of ether oxygens (including phenoxy) is 1. The maximum Gasteiger partial charge on any atom is 0.407 e. The number of hydrogen-bond donors (Lipinski definition) is 2. The molecule has 0 aromatic heterocycles. The molecule has 0 bridgehead atoms. The molecule has 1 fully saturated rings. The molecule has 1 aliphatic rings. The molecule has 1 aliphatic carbocycles. The standard InChI is InChI=1S/C15H29N3O3/c1-15(2,3)21-14(20)17-9-5-6-13(19)16-10-11-18(4)12-7-8-12/h12H,5-11H2,1-4H3,(H,16,19)(H,17,20). The van der Waals surface area contributed by atoms with Crippen molar-refractivity contribution in [3.63, 3.8) is 0 Å². The van der Waals surface area contributed by atoms with Crippen LogP contribution in [-0.2, 0) is 9.53 Å². The van der Waals surface area contributed by atoms with Gasteiger partial charge in [0, 0.05) is 32.1 Å². The van der Waals surface area contributed by atoms with Crippen LogP contribution in [-0.4, -0.2) is 55.2 Å². The Morgan fingerprint density at radius 1 is 1.19 bits per heavy atom. The Morgan fingerprint density at radius 3 is 2.43 bits per heavy atom. The van der Waals surface area contributed by atoms with E-state index in [0.717, 1.165) is 12.6 Å². The minimum absolute atomic E-state index is 0.0326. The number of alkyl carbamates (subject to hydrolysis) is 1. The van der Waals surface area contributed by atoms with Crippen LogP contribution in [0, 0.1) is 0 Å². The summed E-state index contributed by atoms with van der Waals surface area (Å²) < 4.78 is 5.11. The molecule has 2 N–H and O–H groups in total. The highest BCUT2D eigenvalue weighted by Gasteiger charge is 2.25. The molecule has 0 atom stereocenters. The summed E-state index contributed by atoms with van der Waals surface area (Å²) in [5.74, 6) is 0.0326. The predicted molar refractivity (Wildman–Crippen MR) is 82.1 cm³/mol. The minimum atomic E-state index is -0.491. The van der Waals surface area contributed by atoms with Crippen LogP contribution >= 0.6 is 0 Å². The number of rotatable bonds is 8. The van der Waals surface area contributed by atoms with Crippen LogP contribution in [0.15, 0.2) is 0 Å². The molecule has 0 unspecified atom stereocenters. The SMILES string of the molecule is CN(CCNC(=O)CCCNC(=O)OC(C)(C)C)C1CC1. The number of likely N-dealkylation sites (N-methyl/N-ethyl adjacent to an activating group) is 1. The maximum atomic E-state index is 11.6. The van der Waals surface area contributed by atoms with Crippen molar-refractivity contribution in [2.45, 2.75) is 58.1 Å². The van der Waals surface area contributed by atoms with Crippen molar-refractivity contribution in [3.05, 3.63) is 0 Å². The number of nitrogens with one attached hydrogen (secondary N) is 2. The van der Waals surface area contributed by atoms with Gasteiger partial charge >= 0.3 is 6.09 Å². The summed E-state index contributed by atoms with van der Waals surface area (Å²) in [6, 6.07) is 0.722. The topological polar surface area (TPSA) is 70.7 Å². The number of amides is 2. The van der Waals surface area contributed by atoms with Crippen LogP contribution in [0.3, 0.4) is 0 Å². The summed E-state index contributed by atoms with van der Waals surface area (Å²) in [5, 5.41) is 5.54. The molecule has 6 nitrogen and oxygen atoms in total. The van der Waals surface area contributed by atoms with E-state index >= 15 is 0 Å². The molecular formula is C15H29N3O3. The van der Waals surface area contributed by atoms with Gasteiger partial charge in [-0.25, -0.2) is 4.79 Å². The summed E-state index contributed by atoms with van der Waals surface area (Å²) in [5.41, 5.74) is -0.491. The summed E-state index contributed by atoms with van der Waals surface area (Å²) in [4.78, 5) is 25.3. The van der Waals surface area contributed by atoms with Crippen LogP contribution in [0.5, 0.6) is 0 Å². The van der Waals surface area contributed by atoms with E-state index in [1.165, 1.54) is 12.8 Å². The van der Waals surface area contributed by atoms with Gasteiger partial charge in [0.15, 0.2) is 0 Å². The third-order valence-corrected chi connectivity index (χ3v) is 3.21. The number of nitrogens with zero attached hydrogens (tertiary/aromatic N) is 1. The summed E-state index contributed by atoms with van der Waals surface area (Å²) >= 11 is 0. The summed E-state index contributed by atoms with van der Waals surface area (Å²) in [6.45, 7) is 7.48. The van der Waals surface area contributed by atoms with Crippen molar-refractivity contribution in [1.29, 1.82) is 0 Å². The second-order valence-electron chi connectivity index (χ2n) is 6.59. The van der Waals surface area contributed by atoms with Crippen LogP contribution in [0.4, 0.5) is 4.79 Å². The van der Waals surface area contributed by atoms with E-state index < -0.39 is 11.7 Å². The Kier molecular flexibility index (Phi) is 6.95. The van der Waals surface area contributed by atoms with Crippen LogP contribution in [0.25, 0.3) is 0 Å². The van der Waals surface area contributed by atoms with Gasteiger partial charge in [0.05, 0.1) is 0 Å². The Hall–Kier alpha value is -1.30. The zero-order valence-electron chi connectivity index (χ0n) is 13.7. The molecule has 0 aromatic carbocycles. The van der Waals surface area contributed by atoms with E-state index in [4.69, 9.17) is 4.74 Å². The third kappa shape index (κ3) is 9.28. The molecule has 0 aliphatic heterocycles. The van der Waals surface area contributed by atoms with Gasteiger partial charge in [-0.3, -0.25) is 4.79 Å². The van der Waals surface area contributed by atoms with Crippen LogP contribution < -0.4 is 10.6 Å². The van der Waals surface area contributed by atoms with Gasteiger partial charge in [-0.1, -0.05) is 0 Å². The minimum Gasteiger partial charge on any atom is -0.444 e. The zero-order valence-corrected chi connectivity index (χ0v) is 13.7. The Balaban J connectivity index is 1.96. The Morgan fingerprint density at radius 2 is 1.86 bits per heavy atom. The summed E-state index contributed by atoms with van der Waals surface area (Å²) in [6.07, 6.45) is 3.16. The first-order chi connectivity index (χ1) is 9.78. The Bertz CT molecular complexity index is 349. The van der Waals surface area contributed by atoms with E-state index in [2.05, 4.69) is 22.6 Å². The lowest BCUT2D eigenvalue weighted by Gasteiger charge is -2.19. The average molecular weight is 299 g/mol. The first-order valence-corrected chi connectivity index (χ1v) is 7.72. The van der Waals surface area contributed by atoms with Crippen molar-refractivity contribution in [3.8, 4) is 0 Å². The molecule has 0 radical (unpaired) electrons. The highest BCUT2D eigenvalue weighted by Crippen LogP contribution is 2.24. The predicted octanol–water partition coefficient (Wildman–Crippen LogP) is 1.50. The van der Waals surface area contributed by atoms with Gasteiger partial charge in [-0.05, 0) is 47.1 Å². The lowest BCUT2D eigenvalue weighted by Crippen LogP contribution is -2.35. The van der Waals surface area contributed by atoms with Crippen LogP contribution in [0.2, 0.25) is 0 Å². The fourth-order valence-corrected chi connectivity index (χ4v) is 1.91. The summed E-state index contributed by atoms with van der Waals surface area (Å²) in [7, 11) is 2.09. The maximum absolute atomic E-state index is 11.6. The Labute approximate surface area is 127 Å². The molecule has 0 aromatic rings. The number of hydrogen-bond acceptors (Lipinski definition) is 4. The molecular weight excluding hydrogens is 270 g/mol. The van der Waals surface area contributed by atoms with Crippen molar-refractivity contribution in [1.82, 2.24) is 15.5 Å². The van der Waals surface area contributed by atoms with Crippen molar-refractivity contribution < 1.29 is 14.3 Å². The molecule has 0 heterocycles. The highest BCUT2D eigenvalue weighted by atomic mass is 16.6. The third-order valence-electron chi connectivity index (χ3n) is 3.21. The van der Waals surface area contributed by atoms with E-state index in [1.807, 2.05) is 20.8 Å². The van der Waals surface area contributed by atoms with Gasteiger partial charge in [0.1, 0.15) is 5.60 Å². The second kappa shape index (κ2) is 8.22. The normalized spacial score (nSPS) is 14.9. The van der Waals surface area contributed by atoms with Gasteiger partial charge in [0.2, 0.25) is 5.91 Å². The van der Waals surface area contributed by atoms with E-state index in [9.17, 15) is 9.59 Å². The fraction of sp³-hybridized carbons (Fsp3) is 0.867. The van der Waals surface area contributed by atoms with Crippen LogP contribution in [0.1, 0.15) is 46.5 Å². The highest BCUT2D eigenvalue weighted by molar-refractivity contribution is 5.75.